The van der Waals surface area contributed by atoms with Gasteiger partial charge in [-0.15, -0.1) is 37.5 Å². The maximum Gasteiger partial charge on any atom is 0.0408 e. The number of aromatic nitrogens is 1. The SMILES string of the molecule is CO[CH-]c1ccccc1[CH-]OC.Fc1c[c-]c(-c2ccccn2)c(F)c1.[Pt]. The van der Waals surface area contributed by atoms with E-state index in [0.717, 1.165) is 23.3 Å². The molecule has 0 aliphatic carbocycles. The Bertz CT molecular complexity index is 791. The van der Waals surface area contributed by atoms with E-state index >= 15 is 0 Å². The second-order valence-corrected chi connectivity index (χ2v) is 5.09. The van der Waals surface area contributed by atoms with Crippen molar-refractivity contribution in [3.63, 3.8) is 0 Å². The van der Waals surface area contributed by atoms with E-state index in [1.54, 1.807) is 51.8 Å². The van der Waals surface area contributed by atoms with Gasteiger partial charge < -0.3 is 14.5 Å². The molecule has 0 aliphatic rings. The summed E-state index contributed by atoms with van der Waals surface area (Å²) in [5.41, 5.74) is 2.67. The van der Waals surface area contributed by atoms with Gasteiger partial charge in [-0.25, -0.2) is 12.1 Å². The fraction of sp³-hybridized carbons (Fsp3) is 0.0952. The fourth-order valence-electron chi connectivity index (χ4n) is 2.13. The third-order valence-electron chi connectivity index (χ3n) is 3.26. The Kier molecular flexibility index (Phi) is 10.3. The van der Waals surface area contributed by atoms with E-state index in [4.69, 9.17) is 9.47 Å². The molecule has 0 N–H and O–H groups in total. The molecule has 0 unspecified atom stereocenters. The summed E-state index contributed by atoms with van der Waals surface area (Å²) in [6.45, 7) is 3.37. The molecule has 0 spiro atoms. The molecule has 0 radical (unpaired) electrons. The summed E-state index contributed by atoms with van der Waals surface area (Å²) in [4.78, 5) is 3.95. The average Bonchev–Trinajstić information content (AvgIpc) is 2.65. The van der Waals surface area contributed by atoms with E-state index in [-0.39, 0.29) is 26.6 Å². The van der Waals surface area contributed by atoms with Crippen molar-refractivity contribution in [2.45, 2.75) is 0 Å². The molecule has 0 saturated heterocycles. The minimum Gasteiger partial charge on any atom is -0.429 e. The van der Waals surface area contributed by atoms with Crippen LogP contribution in [-0.2, 0) is 30.5 Å². The van der Waals surface area contributed by atoms with E-state index in [9.17, 15) is 8.78 Å². The molecule has 1 heterocycles. The number of nitrogens with zero attached hydrogens (tertiary/aromatic N) is 1. The van der Waals surface area contributed by atoms with Crippen LogP contribution in [0.1, 0.15) is 11.1 Å². The van der Waals surface area contributed by atoms with E-state index in [0.29, 0.717) is 5.69 Å². The number of ether oxygens (including phenoxy) is 2. The van der Waals surface area contributed by atoms with E-state index < -0.39 is 11.6 Å². The van der Waals surface area contributed by atoms with Gasteiger partial charge in [0.05, 0.1) is 0 Å². The van der Waals surface area contributed by atoms with Crippen LogP contribution >= 0.6 is 0 Å². The molecule has 3 nitrogen and oxygen atoms in total. The summed E-state index contributed by atoms with van der Waals surface area (Å²) in [6.07, 6.45) is 1.55. The number of hydrogen-bond acceptors (Lipinski definition) is 3. The molecule has 27 heavy (non-hydrogen) atoms. The Balaban J connectivity index is 0.000000264. The molecule has 0 amide bonds. The molecule has 0 bridgehead atoms. The zero-order valence-electron chi connectivity index (χ0n) is 14.8. The van der Waals surface area contributed by atoms with Crippen LogP contribution in [0.25, 0.3) is 11.3 Å². The molecule has 0 atom stereocenters. The second kappa shape index (κ2) is 12.2. The largest absolute Gasteiger partial charge is 0.429 e. The van der Waals surface area contributed by atoms with Gasteiger partial charge in [0.15, 0.2) is 0 Å². The molecule has 3 aromatic rings. The Labute approximate surface area is 172 Å². The molecule has 146 valence electrons. The summed E-state index contributed by atoms with van der Waals surface area (Å²) in [6, 6.07) is 17.4. The van der Waals surface area contributed by atoms with Crippen LogP contribution in [0.5, 0.6) is 0 Å². The summed E-state index contributed by atoms with van der Waals surface area (Å²) in [5.74, 6) is -1.29. The van der Waals surface area contributed by atoms with Crippen molar-refractivity contribution >= 4 is 0 Å². The van der Waals surface area contributed by atoms with Gasteiger partial charge in [0.1, 0.15) is 0 Å². The Morgan fingerprint density at radius 2 is 1.52 bits per heavy atom. The van der Waals surface area contributed by atoms with Crippen molar-refractivity contribution in [1.82, 2.24) is 4.98 Å². The van der Waals surface area contributed by atoms with Crippen molar-refractivity contribution in [2.24, 2.45) is 0 Å². The molecule has 6 heteroatoms. The maximum atomic E-state index is 13.2. The maximum absolute atomic E-state index is 13.2. The topological polar surface area (TPSA) is 31.4 Å². The first-order valence-corrected chi connectivity index (χ1v) is 7.75. The monoisotopic (exact) mass is 549 g/mol. The third kappa shape index (κ3) is 7.14. The Morgan fingerprint density at radius 1 is 0.926 bits per heavy atom. The van der Waals surface area contributed by atoms with E-state index in [1.165, 1.54) is 0 Å². The zero-order chi connectivity index (χ0) is 18.8. The van der Waals surface area contributed by atoms with Crippen molar-refractivity contribution in [3.8, 4) is 11.3 Å². The summed E-state index contributed by atoms with van der Waals surface area (Å²) >= 11 is 0. The summed E-state index contributed by atoms with van der Waals surface area (Å²) in [7, 11) is 3.26. The molecular weight excluding hydrogens is 531 g/mol. The second-order valence-electron chi connectivity index (χ2n) is 5.09. The van der Waals surface area contributed by atoms with Gasteiger partial charge >= 0.3 is 0 Å². The van der Waals surface area contributed by atoms with Gasteiger partial charge in [-0.05, 0) is 11.8 Å². The van der Waals surface area contributed by atoms with Crippen LogP contribution in [-0.4, -0.2) is 19.2 Å². The number of benzene rings is 2. The van der Waals surface area contributed by atoms with Crippen LogP contribution in [0.3, 0.4) is 0 Å². The van der Waals surface area contributed by atoms with E-state index in [2.05, 4.69) is 11.1 Å². The average molecular weight is 549 g/mol. The van der Waals surface area contributed by atoms with E-state index in [1.807, 2.05) is 24.3 Å². The van der Waals surface area contributed by atoms with Gasteiger partial charge in [0.2, 0.25) is 0 Å². The van der Waals surface area contributed by atoms with Crippen LogP contribution in [0, 0.1) is 30.9 Å². The van der Waals surface area contributed by atoms with Gasteiger partial charge in [-0.2, -0.15) is 0 Å². The van der Waals surface area contributed by atoms with Gasteiger partial charge in [0, 0.05) is 53.1 Å². The smallest absolute Gasteiger partial charge is 0.0408 e. The summed E-state index contributed by atoms with van der Waals surface area (Å²) in [5, 5.41) is 0. The van der Waals surface area contributed by atoms with Crippen molar-refractivity contribution < 1.29 is 39.3 Å². The number of methoxy groups -OCH3 is 2. The fourth-order valence-corrected chi connectivity index (χ4v) is 2.13. The Morgan fingerprint density at radius 3 is 2.00 bits per heavy atom. The molecular formula is C21H18F2NO2Pt-3. The quantitative estimate of drug-likeness (QED) is 0.428. The number of halogens is 2. The van der Waals surface area contributed by atoms with Crippen molar-refractivity contribution in [3.05, 3.63) is 103 Å². The standard InChI is InChI=1S/C11H6F2N.C10H12O2.Pt/c12-8-4-5-9(10(13)7-8)11-3-1-2-6-14-11;1-11-7-9-5-3-4-6-10(9)8-12-2;/h1-4,6-7H;3-8H,1-2H3;/q-1;-2;. The number of pyridine rings is 1. The number of rotatable bonds is 5. The first kappa shape index (κ1) is 22.8. The Hall–Kier alpha value is -2.20. The normalized spacial score (nSPS) is 9.48. The molecule has 0 aliphatic heterocycles. The first-order chi connectivity index (χ1) is 12.7. The minimum absolute atomic E-state index is 0. The first-order valence-electron chi connectivity index (χ1n) is 7.75. The predicted octanol–water partition coefficient (Wildman–Crippen LogP) is 4.82. The molecule has 0 fully saturated rings. The third-order valence-corrected chi connectivity index (χ3v) is 3.26. The molecule has 3 rings (SSSR count). The van der Waals surface area contributed by atoms with Crippen LogP contribution in [0.15, 0.2) is 60.8 Å². The predicted molar refractivity (Wildman–Crippen MR) is 95.7 cm³/mol. The van der Waals surface area contributed by atoms with Crippen LogP contribution in [0.4, 0.5) is 8.78 Å². The molecule has 1 aromatic heterocycles. The minimum atomic E-state index is -0.649. The van der Waals surface area contributed by atoms with Crippen molar-refractivity contribution in [1.29, 1.82) is 0 Å². The number of hydrogen-bond donors (Lipinski definition) is 0. The zero-order valence-corrected chi connectivity index (χ0v) is 17.0. The van der Waals surface area contributed by atoms with Gasteiger partial charge in [0.25, 0.3) is 0 Å². The van der Waals surface area contributed by atoms with Crippen LogP contribution < -0.4 is 0 Å². The van der Waals surface area contributed by atoms with Crippen LogP contribution in [0.2, 0.25) is 0 Å². The van der Waals surface area contributed by atoms with Gasteiger partial charge in [-0.3, -0.25) is 19.9 Å². The van der Waals surface area contributed by atoms with Gasteiger partial charge in [-0.1, -0.05) is 23.8 Å². The van der Waals surface area contributed by atoms with Crippen molar-refractivity contribution in [2.75, 3.05) is 14.2 Å². The molecule has 2 aromatic carbocycles. The molecule has 0 saturated carbocycles. The summed E-state index contributed by atoms with van der Waals surface area (Å²) < 4.78 is 35.6.